The molecule has 1 nitrogen and oxygen atoms in total. The molecular weight excluding hydrogens is 272 g/mol. The van der Waals surface area contributed by atoms with Crippen LogP contribution in [0, 0.1) is 5.82 Å². The molecule has 0 fully saturated rings. The Morgan fingerprint density at radius 1 is 1.06 bits per heavy atom. The van der Waals surface area contributed by atoms with E-state index < -0.39 is 0 Å². The number of anilines is 1. The summed E-state index contributed by atoms with van der Waals surface area (Å²) in [7, 11) is 0. The second kappa shape index (κ2) is 5.59. The van der Waals surface area contributed by atoms with Crippen molar-refractivity contribution < 1.29 is 4.39 Å². The first-order valence-corrected chi connectivity index (χ1v) is 6.30. The molecule has 0 aromatic heterocycles. The van der Waals surface area contributed by atoms with Crippen LogP contribution in [0.15, 0.2) is 42.5 Å². The number of rotatable bonds is 3. The van der Waals surface area contributed by atoms with Crippen LogP contribution in [0.25, 0.3) is 0 Å². The molecule has 0 saturated carbocycles. The normalized spacial score (nSPS) is 12.2. The molecule has 18 heavy (non-hydrogen) atoms. The minimum Gasteiger partial charge on any atom is -0.377 e. The van der Waals surface area contributed by atoms with E-state index in [1.54, 1.807) is 30.3 Å². The summed E-state index contributed by atoms with van der Waals surface area (Å²) in [5.41, 5.74) is 1.29. The molecule has 2 aromatic carbocycles. The Balaban J connectivity index is 2.24. The van der Waals surface area contributed by atoms with E-state index in [0.717, 1.165) is 0 Å². The molecule has 1 unspecified atom stereocenters. The Labute approximate surface area is 116 Å². The highest BCUT2D eigenvalue weighted by Crippen LogP contribution is 2.32. The van der Waals surface area contributed by atoms with E-state index in [1.807, 2.05) is 13.0 Å². The quantitative estimate of drug-likeness (QED) is 0.805. The van der Waals surface area contributed by atoms with Crippen molar-refractivity contribution in [3.05, 3.63) is 63.9 Å². The van der Waals surface area contributed by atoms with Crippen LogP contribution < -0.4 is 5.32 Å². The zero-order chi connectivity index (χ0) is 13.1. The van der Waals surface area contributed by atoms with Crippen LogP contribution in [0.3, 0.4) is 0 Å². The first kappa shape index (κ1) is 13.2. The molecule has 94 valence electrons. The van der Waals surface area contributed by atoms with Crippen LogP contribution >= 0.6 is 23.2 Å². The molecule has 0 radical (unpaired) electrons. The lowest BCUT2D eigenvalue weighted by Gasteiger charge is -2.17. The maximum absolute atomic E-state index is 13.6. The highest BCUT2D eigenvalue weighted by Gasteiger charge is 2.12. The second-order valence-electron chi connectivity index (χ2n) is 3.99. The molecule has 0 heterocycles. The summed E-state index contributed by atoms with van der Waals surface area (Å²) in [5.74, 6) is -0.240. The molecule has 2 rings (SSSR count). The van der Waals surface area contributed by atoms with Crippen LogP contribution in [0.2, 0.25) is 10.0 Å². The molecule has 2 aromatic rings. The van der Waals surface area contributed by atoms with E-state index in [4.69, 9.17) is 23.2 Å². The molecule has 0 aliphatic carbocycles. The van der Waals surface area contributed by atoms with Crippen molar-refractivity contribution in [2.24, 2.45) is 0 Å². The van der Waals surface area contributed by atoms with Gasteiger partial charge in [-0.05, 0) is 25.1 Å². The van der Waals surface area contributed by atoms with E-state index in [9.17, 15) is 4.39 Å². The van der Waals surface area contributed by atoms with Gasteiger partial charge in [0.1, 0.15) is 5.82 Å². The molecular formula is C14H12Cl2FN. The monoisotopic (exact) mass is 283 g/mol. The van der Waals surface area contributed by atoms with Crippen LogP contribution in [-0.4, -0.2) is 0 Å². The van der Waals surface area contributed by atoms with E-state index in [2.05, 4.69) is 5.32 Å². The minimum atomic E-state index is -0.240. The van der Waals surface area contributed by atoms with Crippen LogP contribution in [0.5, 0.6) is 0 Å². The van der Waals surface area contributed by atoms with E-state index in [1.165, 1.54) is 6.07 Å². The standard InChI is InChI=1S/C14H12Cl2FN/c1-9(10-5-2-3-7-12(10)17)18-13-8-4-6-11(15)14(13)16/h2-9,18H,1H3. The van der Waals surface area contributed by atoms with Gasteiger partial charge in [-0.2, -0.15) is 0 Å². The number of halogens is 3. The molecule has 0 saturated heterocycles. The number of hydrogen-bond acceptors (Lipinski definition) is 1. The molecule has 0 spiro atoms. The summed E-state index contributed by atoms with van der Waals surface area (Å²) in [4.78, 5) is 0. The zero-order valence-corrected chi connectivity index (χ0v) is 11.3. The van der Waals surface area contributed by atoms with Gasteiger partial charge in [0, 0.05) is 5.56 Å². The van der Waals surface area contributed by atoms with E-state index >= 15 is 0 Å². The Kier molecular flexibility index (Phi) is 4.10. The number of benzene rings is 2. The smallest absolute Gasteiger partial charge is 0.128 e. The molecule has 4 heteroatoms. The lowest BCUT2D eigenvalue weighted by atomic mass is 10.1. The average molecular weight is 284 g/mol. The molecule has 0 amide bonds. The van der Waals surface area contributed by atoms with Gasteiger partial charge in [-0.15, -0.1) is 0 Å². The van der Waals surface area contributed by atoms with Crippen molar-refractivity contribution in [3.8, 4) is 0 Å². The zero-order valence-electron chi connectivity index (χ0n) is 9.75. The van der Waals surface area contributed by atoms with Crippen molar-refractivity contribution in [3.63, 3.8) is 0 Å². The van der Waals surface area contributed by atoms with Crippen molar-refractivity contribution in [1.82, 2.24) is 0 Å². The van der Waals surface area contributed by atoms with Crippen LogP contribution in [0.1, 0.15) is 18.5 Å². The molecule has 0 aliphatic rings. The Morgan fingerprint density at radius 3 is 2.50 bits per heavy atom. The maximum atomic E-state index is 13.6. The van der Waals surface area contributed by atoms with Gasteiger partial charge in [-0.1, -0.05) is 47.5 Å². The highest BCUT2D eigenvalue weighted by molar-refractivity contribution is 6.43. The highest BCUT2D eigenvalue weighted by atomic mass is 35.5. The third-order valence-corrected chi connectivity index (χ3v) is 3.51. The topological polar surface area (TPSA) is 12.0 Å². The largest absolute Gasteiger partial charge is 0.377 e. The maximum Gasteiger partial charge on any atom is 0.128 e. The fraction of sp³-hybridized carbons (Fsp3) is 0.143. The van der Waals surface area contributed by atoms with Gasteiger partial charge in [0.15, 0.2) is 0 Å². The third kappa shape index (κ3) is 2.77. The van der Waals surface area contributed by atoms with E-state index in [0.29, 0.717) is 21.3 Å². The number of nitrogens with one attached hydrogen (secondary N) is 1. The molecule has 1 atom stereocenters. The fourth-order valence-corrected chi connectivity index (χ4v) is 2.11. The lowest BCUT2D eigenvalue weighted by molar-refractivity contribution is 0.600. The number of hydrogen-bond donors (Lipinski definition) is 1. The first-order chi connectivity index (χ1) is 8.59. The SMILES string of the molecule is CC(Nc1cccc(Cl)c1Cl)c1ccccc1F. The first-order valence-electron chi connectivity index (χ1n) is 5.54. The van der Waals surface area contributed by atoms with E-state index in [-0.39, 0.29) is 11.9 Å². The molecule has 0 aliphatic heterocycles. The summed E-state index contributed by atoms with van der Waals surface area (Å²) in [5, 5.41) is 4.07. The third-order valence-electron chi connectivity index (χ3n) is 2.70. The summed E-state index contributed by atoms with van der Waals surface area (Å²) < 4.78 is 13.6. The van der Waals surface area contributed by atoms with Crippen molar-refractivity contribution in [2.75, 3.05) is 5.32 Å². The molecule has 0 bridgehead atoms. The van der Waals surface area contributed by atoms with Gasteiger partial charge in [-0.25, -0.2) is 4.39 Å². The second-order valence-corrected chi connectivity index (χ2v) is 4.77. The van der Waals surface area contributed by atoms with Crippen molar-refractivity contribution >= 4 is 28.9 Å². The lowest BCUT2D eigenvalue weighted by Crippen LogP contribution is -2.08. The minimum absolute atomic E-state index is 0.192. The van der Waals surface area contributed by atoms with Gasteiger partial charge >= 0.3 is 0 Å². The van der Waals surface area contributed by atoms with Crippen LogP contribution in [-0.2, 0) is 0 Å². The van der Waals surface area contributed by atoms with Crippen molar-refractivity contribution in [1.29, 1.82) is 0 Å². The summed E-state index contributed by atoms with van der Waals surface area (Å²) in [6.07, 6.45) is 0. The van der Waals surface area contributed by atoms with Gasteiger partial charge in [-0.3, -0.25) is 0 Å². The van der Waals surface area contributed by atoms with Gasteiger partial charge in [0.05, 0.1) is 21.8 Å². The molecule has 1 N–H and O–H groups in total. The van der Waals surface area contributed by atoms with Gasteiger partial charge < -0.3 is 5.32 Å². The average Bonchev–Trinajstić information content (AvgIpc) is 2.35. The fourth-order valence-electron chi connectivity index (χ4n) is 1.75. The summed E-state index contributed by atoms with van der Waals surface area (Å²) in [6.45, 7) is 1.87. The van der Waals surface area contributed by atoms with Crippen molar-refractivity contribution in [2.45, 2.75) is 13.0 Å². The Bertz CT molecular complexity index is 557. The van der Waals surface area contributed by atoms with Gasteiger partial charge in [0.25, 0.3) is 0 Å². The Morgan fingerprint density at radius 2 is 1.78 bits per heavy atom. The van der Waals surface area contributed by atoms with Gasteiger partial charge in [0.2, 0.25) is 0 Å². The predicted octanol–water partition coefficient (Wildman–Crippen LogP) is 5.31. The predicted molar refractivity (Wildman–Crippen MR) is 74.9 cm³/mol. The van der Waals surface area contributed by atoms with Crippen LogP contribution in [0.4, 0.5) is 10.1 Å². The summed E-state index contributed by atoms with van der Waals surface area (Å²) in [6, 6.07) is 11.8. The Hall–Kier alpha value is -1.25. The summed E-state index contributed by atoms with van der Waals surface area (Å²) >= 11 is 12.0.